The van der Waals surface area contributed by atoms with Gasteiger partial charge in [-0.3, -0.25) is 4.79 Å². The summed E-state index contributed by atoms with van der Waals surface area (Å²) in [5, 5.41) is 6.14. The predicted molar refractivity (Wildman–Crippen MR) is 73.5 cm³/mol. The van der Waals surface area contributed by atoms with Gasteiger partial charge >= 0.3 is 0 Å². The first-order valence-corrected chi connectivity index (χ1v) is 6.66. The maximum atomic E-state index is 11.5. The quantitative estimate of drug-likeness (QED) is 0.812. The van der Waals surface area contributed by atoms with E-state index in [-0.39, 0.29) is 11.8 Å². The van der Waals surface area contributed by atoms with Gasteiger partial charge in [0, 0.05) is 12.5 Å². The van der Waals surface area contributed by atoms with Crippen LogP contribution in [0.1, 0.15) is 33.1 Å². The van der Waals surface area contributed by atoms with Gasteiger partial charge in [0.05, 0.1) is 11.9 Å². The molecule has 0 unspecified atom stereocenters. The minimum Gasteiger partial charge on any atom is -0.384 e. The van der Waals surface area contributed by atoms with E-state index < -0.39 is 0 Å². The van der Waals surface area contributed by atoms with Crippen molar-refractivity contribution in [2.24, 2.45) is 11.8 Å². The normalized spacial score (nSPS) is 14.6. The molecule has 0 radical (unpaired) electrons. The van der Waals surface area contributed by atoms with Gasteiger partial charge in [-0.05, 0) is 37.3 Å². The summed E-state index contributed by atoms with van der Waals surface area (Å²) < 4.78 is 0. The van der Waals surface area contributed by atoms with Crippen LogP contribution >= 0.6 is 0 Å². The minimum atomic E-state index is 0.100. The first-order chi connectivity index (χ1) is 8.65. The molecule has 1 saturated carbocycles. The Kier molecular flexibility index (Phi) is 4.18. The highest BCUT2D eigenvalue weighted by molar-refractivity contribution is 5.93. The molecule has 1 fully saturated rings. The number of aromatic nitrogens is 1. The molecule has 1 heterocycles. The Bertz CT molecular complexity index is 396. The number of nitrogens with one attached hydrogen (secondary N) is 2. The van der Waals surface area contributed by atoms with Crippen molar-refractivity contribution in [1.82, 2.24) is 4.98 Å². The van der Waals surface area contributed by atoms with Gasteiger partial charge in [0.15, 0.2) is 0 Å². The number of anilines is 2. The number of carbonyl (C=O) groups is 1. The SMILES string of the molecule is CC(C)CCNc1ccc(NC(=O)C2CC2)nc1. The zero-order valence-electron chi connectivity index (χ0n) is 11.1. The number of nitrogens with zero attached hydrogens (tertiary/aromatic N) is 1. The van der Waals surface area contributed by atoms with Crippen LogP contribution in [-0.4, -0.2) is 17.4 Å². The molecule has 4 nitrogen and oxygen atoms in total. The summed E-state index contributed by atoms with van der Waals surface area (Å²) in [4.78, 5) is 15.8. The molecule has 1 aromatic heterocycles. The number of hydrogen-bond acceptors (Lipinski definition) is 3. The van der Waals surface area contributed by atoms with Crippen LogP contribution in [0.2, 0.25) is 0 Å². The van der Waals surface area contributed by atoms with Crippen molar-refractivity contribution in [3.8, 4) is 0 Å². The van der Waals surface area contributed by atoms with E-state index in [0.29, 0.717) is 11.7 Å². The summed E-state index contributed by atoms with van der Waals surface area (Å²) in [5.74, 6) is 1.66. The van der Waals surface area contributed by atoms with Crippen LogP contribution in [0.5, 0.6) is 0 Å². The van der Waals surface area contributed by atoms with E-state index in [2.05, 4.69) is 29.5 Å². The third kappa shape index (κ3) is 4.02. The summed E-state index contributed by atoms with van der Waals surface area (Å²) in [6.07, 6.45) is 4.93. The molecule has 98 valence electrons. The van der Waals surface area contributed by atoms with Crippen molar-refractivity contribution >= 4 is 17.4 Å². The Morgan fingerprint density at radius 1 is 1.44 bits per heavy atom. The van der Waals surface area contributed by atoms with Crippen LogP contribution in [0.3, 0.4) is 0 Å². The van der Waals surface area contributed by atoms with Crippen molar-refractivity contribution in [2.75, 3.05) is 17.2 Å². The van der Waals surface area contributed by atoms with E-state index in [4.69, 9.17) is 0 Å². The molecule has 1 aromatic rings. The van der Waals surface area contributed by atoms with Crippen LogP contribution in [0.4, 0.5) is 11.5 Å². The van der Waals surface area contributed by atoms with Gasteiger partial charge in [-0.1, -0.05) is 13.8 Å². The average Bonchev–Trinajstić information content (AvgIpc) is 3.15. The third-order valence-electron chi connectivity index (χ3n) is 3.01. The zero-order chi connectivity index (χ0) is 13.0. The van der Waals surface area contributed by atoms with Crippen LogP contribution in [0.15, 0.2) is 18.3 Å². The average molecular weight is 247 g/mol. The second-order valence-corrected chi connectivity index (χ2v) is 5.30. The number of pyridine rings is 1. The van der Waals surface area contributed by atoms with Gasteiger partial charge in [0.1, 0.15) is 5.82 Å². The molecule has 1 aliphatic rings. The monoisotopic (exact) mass is 247 g/mol. The molecule has 18 heavy (non-hydrogen) atoms. The topological polar surface area (TPSA) is 54.0 Å². The first-order valence-electron chi connectivity index (χ1n) is 6.66. The van der Waals surface area contributed by atoms with Crippen molar-refractivity contribution in [3.05, 3.63) is 18.3 Å². The first kappa shape index (κ1) is 12.9. The van der Waals surface area contributed by atoms with E-state index in [0.717, 1.165) is 31.5 Å². The number of carbonyl (C=O) groups excluding carboxylic acids is 1. The third-order valence-corrected chi connectivity index (χ3v) is 3.01. The Morgan fingerprint density at radius 2 is 2.22 bits per heavy atom. The molecule has 4 heteroatoms. The van der Waals surface area contributed by atoms with Gasteiger partial charge in [0.25, 0.3) is 0 Å². The second-order valence-electron chi connectivity index (χ2n) is 5.30. The Balaban J connectivity index is 1.79. The lowest BCUT2D eigenvalue weighted by Crippen LogP contribution is -2.14. The number of rotatable bonds is 6. The van der Waals surface area contributed by atoms with Gasteiger partial charge in [-0.2, -0.15) is 0 Å². The summed E-state index contributed by atoms with van der Waals surface area (Å²) in [6, 6.07) is 3.80. The zero-order valence-corrected chi connectivity index (χ0v) is 11.1. The van der Waals surface area contributed by atoms with E-state index in [1.165, 1.54) is 0 Å². The van der Waals surface area contributed by atoms with Crippen LogP contribution < -0.4 is 10.6 Å². The largest absolute Gasteiger partial charge is 0.384 e. The Hall–Kier alpha value is -1.58. The molecule has 0 bridgehead atoms. The van der Waals surface area contributed by atoms with Crippen LogP contribution in [0.25, 0.3) is 0 Å². The predicted octanol–water partition coefficient (Wildman–Crippen LogP) is 2.89. The molecule has 0 spiro atoms. The van der Waals surface area contributed by atoms with Crippen LogP contribution in [0, 0.1) is 11.8 Å². The molecule has 0 saturated heterocycles. The van der Waals surface area contributed by atoms with Gasteiger partial charge < -0.3 is 10.6 Å². The lowest BCUT2D eigenvalue weighted by Gasteiger charge is -2.09. The summed E-state index contributed by atoms with van der Waals surface area (Å²) in [6.45, 7) is 5.36. The highest BCUT2D eigenvalue weighted by Crippen LogP contribution is 2.29. The van der Waals surface area contributed by atoms with E-state index >= 15 is 0 Å². The highest BCUT2D eigenvalue weighted by Gasteiger charge is 2.29. The molecule has 1 amide bonds. The molecular formula is C14H21N3O. The molecular weight excluding hydrogens is 226 g/mol. The highest BCUT2D eigenvalue weighted by atomic mass is 16.2. The van der Waals surface area contributed by atoms with Crippen molar-refractivity contribution in [3.63, 3.8) is 0 Å². The summed E-state index contributed by atoms with van der Waals surface area (Å²) in [5.41, 5.74) is 1.00. The molecule has 0 atom stereocenters. The second kappa shape index (κ2) is 5.85. The summed E-state index contributed by atoms with van der Waals surface area (Å²) >= 11 is 0. The molecule has 2 rings (SSSR count). The molecule has 2 N–H and O–H groups in total. The van der Waals surface area contributed by atoms with Gasteiger partial charge in [-0.15, -0.1) is 0 Å². The Labute approximate surface area is 108 Å². The van der Waals surface area contributed by atoms with Crippen LogP contribution in [-0.2, 0) is 4.79 Å². The van der Waals surface area contributed by atoms with Gasteiger partial charge in [0.2, 0.25) is 5.91 Å². The van der Waals surface area contributed by atoms with E-state index in [1.807, 2.05) is 12.1 Å². The molecule has 1 aliphatic carbocycles. The lowest BCUT2D eigenvalue weighted by atomic mass is 10.1. The molecule has 0 aliphatic heterocycles. The maximum Gasteiger partial charge on any atom is 0.228 e. The smallest absolute Gasteiger partial charge is 0.228 e. The van der Waals surface area contributed by atoms with Crippen molar-refractivity contribution < 1.29 is 4.79 Å². The standard InChI is InChI=1S/C14H21N3O/c1-10(2)7-8-15-12-5-6-13(16-9-12)17-14(18)11-3-4-11/h5-6,9-11,15H,3-4,7-8H2,1-2H3,(H,16,17,18). The lowest BCUT2D eigenvalue weighted by molar-refractivity contribution is -0.117. The van der Waals surface area contributed by atoms with Crippen molar-refractivity contribution in [1.29, 1.82) is 0 Å². The maximum absolute atomic E-state index is 11.5. The van der Waals surface area contributed by atoms with E-state index in [1.54, 1.807) is 6.20 Å². The fourth-order valence-corrected chi connectivity index (χ4v) is 1.65. The van der Waals surface area contributed by atoms with Gasteiger partial charge in [-0.25, -0.2) is 4.98 Å². The minimum absolute atomic E-state index is 0.100. The summed E-state index contributed by atoms with van der Waals surface area (Å²) in [7, 11) is 0. The fourth-order valence-electron chi connectivity index (χ4n) is 1.65. The Morgan fingerprint density at radius 3 is 2.78 bits per heavy atom. The number of amides is 1. The molecule has 0 aromatic carbocycles. The fraction of sp³-hybridized carbons (Fsp3) is 0.571. The van der Waals surface area contributed by atoms with E-state index in [9.17, 15) is 4.79 Å². The number of hydrogen-bond donors (Lipinski definition) is 2. The van der Waals surface area contributed by atoms with Crippen molar-refractivity contribution in [2.45, 2.75) is 33.1 Å².